The van der Waals surface area contributed by atoms with Gasteiger partial charge >= 0.3 is 0 Å². The van der Waals surface area contributed by atoms with Crippen molar-refractivity contribution in [2.45, 2.75) is 72.7 Å². The zero-order valence-electron chi connectivity index (χ0n) is 14.6. The van der Waals surface area contributed by atoms with E-state index in [-0.39, 0.29) is 35.2 Å². The molecule has 0 bridgehead atoms. The maximum atomic E-state index is 9.45. The Morgan fingerprint density at radius 2 is 1.86 bits per heavy atom. The van der Waals surface area contributed by atoms with E-state index in [1.54, 1.807) is 0 Å². The maximum Gasteiger partial charge on any atom is 0.111 e. The van der Waals surface area contributed by atoms with Gasteiger partial charge in [-0.05, 0) is 23.2 Å². The van der Waals surface area contributed by atoms with Crippen LogP contribution < -0.4 is 0 Å². The largest absolute Gasteiger partial charge is 0.394 e. The summed E-state index contributed by atoms with van der Waals surface area (Å²) in [6, 6.07) is 0. The van der Waals surface area contributed by atoms with Crippen molar-refractivity contribution in [1.29, 1.82) is 0 Å². The minimum absolute atomic E-state index is 0.00777. The van der Waals surface area contributed by atoms with E-state index in [4.69, 9.17) is 9.26 Å². The quantitative estimate of drug-likeness (QED) is 0.458. The topological polar surface area (TPSA) is 42.0 Å². The molecule has 4 heteroatoms. The Morgan fingerprint density at radius 1 is 1.29 bits per heavy atom. The molecule has 1 N–H and O–H groups in total. The van der Waals surface area contributed by atoms with Crippen LogP contribution in [0.3, 0.4) is 0 Å². The smallest absolute Gasteiger partial charge is 0.111 e. The first kappa shape index (κ1) is 19.1. The standard InChI is InChI=1S/C17H33O3P/c1-12(13(20-21)8-9-15(2,3)4)10-17(16(5,6)7)14(11-18)19-17/h8-9,12-14,18H,10-11,21H2,1-7H3/b9-8+/t12-,13+,14-,17+/m1/s1. The van der Waals surface area contributed by atoms with Crippen molar-refractivity contribution in [2.75, 3.05) is 6.61 Å². The number of hydrogen-bond donors (Lipinski definition) is 1. The lowest BCUT2D eigenvalue weighted by Crippen LogP contribution is -2.37. The predicted molar refractivity (Wildman–Crippen MR) is 91.1 cm³/mol. The van der Waals surface area contributed by atoms with Crippen LogP contribution in [0.15, 0.2) is 12.2 Å². The van der Waals surface area contributed by atoms with Crippen molar-refractivity contribution in [2.24, 2.45) is 16.7 Å². The Kier molecular flexibility index (Phi) is 6.06. The molecule has 0 radical (unpaired) electrons. The third kappa shape index (κ3) is 4.76. The molecule has 1 heterocycles. The second kappa shape index (κ2) is 6.66. The summed E-state index contributed by atoms with van der Waals surface area (Å²) >= 11 is 0. The highest BCUT2D eigenvalue weighted by atomic mass is 31.0. The van der Waals surface area contributed by atoms with E-state index in [2.05, 4.69) is 70.1 Å². The van der Waals surface area contributed by atoms with Gasteiger partial charge in [-0.25, -0.2) is 0 Å². The zero-order valence-corrected chi connectivity index (χ0v) is 15.8. The molecule has 0 aromatic carbocycles. The van der Waals surface area contributed by atoms with Crippen LogP contribution in [0.25, 0.3) is 0 Å². The molecule has 0 aromatic heterocycles. The van der Waals surface area contributed by atoms with Crippen LogP contribution in [0, 0.1) is 16.7 Å². The van der Waals surface area contributed by atoms with Gasteiger partial charge in [0.15, 0.2) is 0 Å². The number of aliphatic hydroxyl groups is 1. The van der Waals surface area contributed by atoms with Gasteiger partial charge in [-0.2, -0.15) is 0 Å². The molecule has 3 nitrogen and oxygen atoms in total. The van der Waals surface area contributed by atoms with E-state index in [0.717, 1.165) is 6.42 Å². The first-order chi connectivity index (χ1) is 9.47. The molecule has 5 atom stereocenters. The Labute approximate surface area is 132 Å². The van der Waals surface area contributed by atoms with Crippen molar-refractivity contribution >= 4 is 9.47 Å². The first-order valence-electron chi connectivity index (χ1n) is 7.80. The van der Waals surface area contributed by atoms with Crippen LogP contribution in [0.4, 0.5) is 0 Å². The number of ether oxygens (including phenoxy) is 1. The molecule has 1 rings (SSSR count). The molecule has 0 amide bonds. The van der Waals surface area contributed by atoms with Gasteiger partial charge in [0, 0.05) is 9.47 Å². The average Bonchev–Trinajstić information content (AvgIpc) is 3.02. The van der Waals surface area contributed by atoms with Crippen molar-refractivity contribution in [3.05, 3.63) is 12.2 Å². The highest BCUT2D eigenvalue weighted by Gasteiger charge is 2.63. The summed E-state index contributed by atoms with van der Waals surface area (Å²) in [4.78, 5) is 0. The van der Waals surface area contributed by atoms with Gasteiger partial charge in [0.05, 0.1) is 12.7 Å². The summed E-state index contributed by atoms with van der Waals surface area (Å²) in [7, 11) is 2.38. The molecular formula is C17H33O3P. The van der Waals surface area contributed by atoms with Crippen LogP contribution in [0.1, 0.15) is 54.9 Å². The second-order valence-corrected chi connectivity index (χ2v) is 8.71. The minimum atomic E-state index is -0.238. The Hall–Kier alpha value is 0.0500. The molecule has 21 heavy (non-hydrogen) atoms. The van der Waals surface area contributed by atoms with Crippen LogP contribution in [0.2, 0.25) is 0 Å². The third-order valence-corrected chi connectivity index (χ3v) is 4.69. The summed E-state index contributed by atoms with van der Waals surface area (Å²) in [6.45, 7) is 15.3. The monoisotopic (exact) mass is 316 g/mol. The molecule has 1 saturated heterocycles. The molecule has 1 aliphatic heterocycles. The number of aliphatic hydroxyl groups excluding tert-OH is 1. The summed E-state index contributed by atoms with van der Waals surface area (Å²) in [6.07, 6.45) is 5.22. The fourth-order valence-corrected chi connectivity index (χ4v) is 3.26. The molecule has 1 fully saturated rings. The summed E-state index contributed by atoms with van der Waals surface area (Å²) in [5.41, 5.74) is -0.0847. The Morgan fingerprint density at radius 3 is 2.19 bits per heavy atom. The van der Waals surface area contributed by atoms with E-state index < -0.39 is 0 Å². The highest BCUT2D eigenvalue weighted by Crippen LogP contribution is 2.54. The van der Waals surface area contributed by atoms with Gasteiger partial charge in [-0.15, -0.1) is 0 Å². The SMILES string of the molecule is C[C@H](C[C@]1(C(C)(C)C)O[C@@H]1CO)[C@H](/C=C/C(C)(C)C)OP. The molecule has 0 aliphatic carbocycles. The van der Waals surface area contributed by atoms with Gasteiger partial charge in [-0.3, -0.25) is 0 Å². The van der Waals surface area contributed by atoms with Gasteiger partial charge in [0.25, 0.3) is 0 Å². The van der Waals surface area contributed by atoms with Gasteiger partial charge in [-0.1, -0.05) is 60.6 Å². The number of hydrogen-bond acceptors (Lipinski definition) is 3. The molecule has 0 spiro atoms. The van der Waals surface area contributed by atoms with Crippen LogP contribution >= 0.6 is 9.47 Å². The fourth-order valence-electron chi connectivity index (χ4n) is 2.90. The predicted octanol–water partition coefficient (Wildman–Crippen LogP) is 3.97. The first-order valence-corrected chi connectivity index (χ1v) is 8.27. The van der Waals surface area contributed by atoms with E-state index in [1.165, 1.54) is 0 Å². The highest BCUT2D eigenvalue weighted by molar-refractivity contribution is 7.09. The van der Waals surface area contributed by atoms with Crippen molar-refractivity contribution in [1.82, 2.24) is 0 Å². The van der Waals surface area contributed by atoms with Crippen molar-refractivity contribution in [3.63, 3.8) is 0 Å². The molecular weight excluding hydrogens is 283 g/mol. The lowest BCUT2D eigenvalue weighted by atomic mass is 9.72. The van der Waals surface area contributed by atoms with Gasteiger partial charge in [0.2, 0.25) is 0 Å². The Bertz CT molecular complexity index is 367. The number of epoxide rings is 1. The lowest BCUT2D eigenvalue weighted by Gasteiger charge is -2.32. The normalized spacial score (nSPS) is 29.7. The summed E-state index contributed by atoms with van der Waals surface area (Å²) in [5.74, 6) is 0.317. The van der Waals surface area contributed by atoms with E-state index >= 15 is 0 Å². The summed E-state index contributed by atoms with van der Waals surface area (Å²) in [5, 5.41) is 9.45. The maximum absolute atomic E-state index is 9.45. The van der Waals surface area contributed by atoms with Crippen LogP contribution in [0.5, 0.6) is 0 Å². The Balaban J connectivity index is 2.78. The lowest BCUT2D eigenvalue weighted by molar-refractivity contribution is 0.100. The van der Waals surface area contributed by atoms with Gasteiger partial charge in [0.1, 0.15) is 11.7 Å². The average molecular weight is 316 g/mol. The minimum Gasteiger partial charge on any atom is -0.394 e. The molecule has 1 aliphatic rings. The van der Waals surface area contributed by atoms with Crippen LogP contribution in [-0.2, 0) is 9.26 Å². The molecule has 0 saturated carbocycles. The number of allylic oxidation sites excluding steroid dienone is 1. The molecule has 1 unspecified atom stereocenters. The van der Waals surface area contributed by atoms with E-state index in [1.807, 2.05) is 0 Å². The van der Waals surface area contributed by atoms with E-state index in [9.17, 15) is 5.11 Å². The second-order valence-electron chi connectivity index (χ2n) is 8.44. The third-order valence-electron chi connectivity index (χ3n) is 4.38. The van der Waals surface area contributed by atoms with E-state index in [0.29, 0.717) is 5.92 Å². The van der Waals surface area contributed by atoms with Gasteiger partial charge < -0.3 is 14.4 Å². The van der Waals surface area contributed by atoms with Crippen molar-refractivity contribution in [3.8, 4) is 0 Å². The number of rotatable bonds is 6. The van der Waals surface area contributed by atoms with Crippen molar-refractivity contribution < 1.29 is 14.4 Å². The molecule has 124 valence electrons. The zero-order chi connectivity index (χ0) is 16.5. The fraction of sp³-hybridized carbons (Fsp3) is 0.882. The summed E-state index contributed by atoms with van der Waals surface area (Å²) < 4.78 is 11.5. The van der Waals surface area contributed by atoms with Crippen LogP contribution in [-0.4, -0.2) is 29.5 Å². The molecule has 0 aromatic rings.